The van der Waals surface area contributed by atoms with Gasteiger partial charge in [0, 0.05) is 13.0 Å². The van der Waals surface area contributed by atoms with Crippen LogP contribution in [0, 0.1) is 0 Å². The molecule has 2 rings (SSSR count). The first-order valence-corrected chi connectivity index (χ1v) is 7.06. The molecule has 0 aliphatic carbocycles. The van der Waals surface area contributed by atoms with Gasteiger partial charge in [0.15, 0.2) is 0 Å². The molecule has 1 fully saturated rings. The zero-order chi connectivity index (χ0) is 15.1. The molecule has 21 heavy (non-hydrogen) atoms. The molecule has 1 heterocycles. The summed E-state index contributed by atoms with van der Waals surface area (Å²) in [5.74, 6) is -1.05. The van der Waals surface area contributed by atoms with Crippen LogP contribution in [0.4, 0.5) is 4.79 Å². The number of urea groups is 1. The number of carboxylic acids is 1. The van der Waals surface area contributed by atoms with Gasteiger partial charge in [0.25, 0.3) is 0 Å². The average molecular weight is 292 g/mol. The number of benzene rings is 1. The molecule has 0 saturated carbocycles. The van der Waals surface area contributed by atoms with E-state index < -0.39 is 18.0 Å². The van der Waals surface area contributed by atoms with Crippen LogP contribution in [-0.2, 0) is 16.0 Å². The van der Waals surface area contributed by atoms with Gasteiger partial charge in [0.1, 0.15) is 6.04 Å². The molecule has 2 unspecified atom stereocenters. The maximum absolute atomic E-state index is 11.9. The number of carbonyl (C=O) groups is 2. The third-order valence-electron chi connectivity index (χ3n) is 3.38. The van der Waals surface area contributed by atoms with Crippen molar-refractivity contribution in [1.82, 2.24) is 10.6 Å². The van der Waals surface area contributed by atoms with Gasteiger partial charge >= 0.3 is 12.0 Å². The lowest BCUT2D eigenvalue weighted by Gasteiger charge is -2.24. The highest BCUT2D eigenvalue weighted by Gasteiger charge is 2.22. The lowest BCUT2D eigenvalue weighted by atomic mass is 10.1. The molecule has 3 N–H and O–H groups in total. The van der Waals surface area contributed by atoms with Crippen LogP contribution in [0.15, 0.2) is 30.3 Å². The maximum Gasteiger partial charge on any atom is 0.326 e. The predicted molar refractivity (Wildman–Crippen MR) is 77.1 cm³/mol. The Labute approximate surface area is 123 Å². The highest BCUT2D eigenvalue weighted by Crippen LogP contribution is 2.06. The minimum atomic E-state index is -1.05. The number of carboxylic acid groups (broad SMARTS) is 1. The van der Waals surface area contributed by atoms with E-state index in [0.29, 0.717) is 13.2 Å². The van der Waals surface area contributed by atoms with Crippen molar-refractivity contribution in [2.24, 2.45) is 0 Å². The van der Waals surface area contributed by atoms with E-state index in [0.717, 1.165) is 18.4 Å². The fourth-order valence-corrected chi connectivity index (χ4v) is 2.29. The van der Waals surface area contributed by atoms with Gasteiger partial charge in [-0.1, -0.05) is 30.3 Å². The molecule has 1 aliphatic heterocycles. The van der Waals surface area contributed by atoms with Crippen LogP contribution in [0.3, 0.4) is 0 Å². The zero-order valence-corrected chi connectivity index (χ0v) is 11.7. The molecule has 0 bridgehead atoms. The second-order valence-electron chi connectivity index (χ2n) is 5.11. The van der Waals surface area contributed by atoms with Gasteiger partial charge in [-0.15, -0.1) is 0 Å². The molecular weight excluding hydrogens is 272 g/mol. The second kappa shape index (κ2) is 7.64. The summed E-state index contributed by atoms with van der Waals surface area (Å²) in [5.41, 5.74) is 0.867. The summed E-state index contributed by atoms with van der Waals surface area (Å²) in [4.78, 5) is 23.1. The van der Waals surface area contributed by atoms with Crippen molar-refractivity contribution in [3.63, 3.8) is 0 Å². The molecule has 0 spiro atoms. The quantitative estimate of drug-likeness (QED) is 0.760. The van der Waals surface area contributed by atoms with Crippen LogP contribution < -0.4 is 10.6 Å². The summed E-state index contributed by atoms with van der Waals surface area (Å²) in [5, 5.41) is 14.5. The smallest absolute Gasteiger partial charge is 0.326 e. The topological polar surface area (TPSA) is 87.7 Å². The van der Waals surface area contributed by atoms with Crippen LogP contribution in [-0.4, -0.2) is 42.4 Å². The van der Waals surface area contributed by atoms with Crippen LogP contribution in [0.1, 0.15) is 18.4 Å². The van der Waals surface area contributed by atoms with Crippen molar-refractivity contribution in [2.45, 2.75) is 31.3 Å². The van der Waals surface area contributed by atoms with Gasteiger partial charge < -0.3 is 20.5 Å². The lowest BCUT2D eigenvalue weighted by molar-refractivity contribution is -0.139. The van der Waals surface area contributed by atoms with E-state index in [1.165, 1.54) is 0 Å². The van der Waals surface area contributed by atoms with Crippen LogP contribution in [0.5, 0.6) is 0 Å². The lowest BCUT2D eigenvalue weighted by Crippen LogP contribution is -2.51. The molecule has 1 saturated heterocycles. The van der Waals surface area contributed by atoms with E-state index in [4.69, 9.17) is 4.74 Å². The first kappa shape index (κ1) is 15.3. The second-order valence-corrected chi connectivity index (χ2v) is 5.11. The summed E-state index contributed by atoms with van der Waals surface area (Å²) in [6, 6.07) is 7.76. The Kier molecular flexibility index (Phi) is 5.57. The van der Waals surface area contributed by atoms with Gasteiger partial charge in [0.2, 0.25) is 0 Å². The van der Waals surface area contributed by atoms with E-state index in [-0.39, 0.29) is 12.5 Å². The molecule has 114 valence electrons. The fourth-order valence-electron chi connectivity index (χ4n) is 2.29. The van der Waals surface area contributed by atoms with Gasteiger partial charge in [-0.25, -0.2) is 9.59 Å². The molecule has 2 amide bonds. The Hall–Kier alpha value is -2.08. The van der Waals surface area contributed by atoms with Crippen molar-refractivity contribution in [3.8, 4) is 0 Å². The predicted octanol–water partition coefficient (Wildman–Crippen LogP) is 1.16. The number of nitrogens with one attached hydrogen (secondary N) is 2. The van der Waals surface area contributed by atoms with Crippen LogP contribution in [0.25, 0.3) is 0 Å². The van der Waals surface area contributed by atoms with Crippen LogP contribution in [0.2, 0.25) is 0 Å². The number of rotatable bonds is 5. The number of amides is 2. The maximum atomic E-state index is 11.9. The number of hydrogen-bond acceptors (Lipinski definition) is 3. The first-order chi connectivity index (χ1) is 10.1. The highest BCUT2D eigenvalue weighted by molar-refractivity contribution is 5.82. The Morgan fingerprint density at radius 1 is 1.33 bits per heavy atom. The van der Waals surface area contributed by atoms with E-state index in [2.05, 4.69) is 10.6 Å². The Balaban J connectivity index is 1.86. The summed E-state index contributed by atoms with van der Waals surface area (Å²) >= 11 is 0. The number of hydrogen-bond donors (Lipinski definition) is 3. The monoisotopic (exact) mass is 292 g/mol. The third kappa shape index (κ3) is 5.07. The third-order valence-corrected chi connectivity index (χ3v) is 3.38. The molecule has 0 aromatic heterocycles. The molecule has 1 aromatic carbocycles. The molecule has 1 aromatic rings. The molecular formula is C15H20N2O4. The molecule has 0 radical (unpaired) electrons. The standard InChI is InChI=1S/C15H20N2O4/c18-14(19)13(9-11-5-2-1-3-6-11)17-15(20)16-12-7-4-8-21-10-12/h1-3,5-6,12-13H,4,7-10H2,(H,18,19)(H2,16,17,20). The summed E-state index contributed by atoms with van der Waals surface area (Å²) in [6.07, 6.45) is 2.01. The van der Waals surface area contributed by atoms with Gasteiger partial charge in [0.05, 0.1) is 12.6 Å². The first-order valence-electron chi connectivity index (χ1n) is 7.06. The Morgan fingerprint density at radius 3 is 2.71 bits per heavy atom. The molecule has 6 nitrogen and oxygen atoms in total. The van der Waals surface area contributed by atoms with Gasteiger partial charge in [-0.3, -0.25) is 0 Å². The van der Waals surface area contributed by atoms with Gasteiger partial charge in [-0.05, 0) is 18.4 Å². The average Bonchev–Trinajstić information content (AvgIpc) is 2.48. The fraction of sp³-hybridized carbons (Fsp3) is 0.467. The normalized spacial score (nSPS) is 19.5. The van der Waals surface area contributed by atoms with Crippen molar-refractivity contribution >= 4 is 12.0 Å². The largest absolute Gasteiger partial charge is 0.480 e. The zero-order valence-electron chi connectivity index (χ0n) is 11.7. The van der Waals surface area contributed by atoms with Crippen molar-refractivity contribution < 1.29 is 19.4 Å². The van der Waals surface area contributed by atoms with E-state index >= 15 is 0 Å². The van der Waals surface area contributed by atoms with Crippen LogP contribution >= 0.6 is 0 Å². The Bertz CT molecular complexity index is 472. The van der Waals surface area contributed by atoms with E-state index in [1.807, 2.05) is 30.3 Å². The number of carbonyl (C=O) groups excluding carboxylic acids is 1. The number of aliphatic carboxylic acids is 1. The molecule has 6 heteroatoms. The minimum absolute atomic E-state index is 0.0510. The highest BCUT2D eigenvalue weighted by atomic mass is 16.5. The molecule has 2 atom stereocenters. The Morgan fingerprint density at radius 2 is 2.10 bits per heavy atom. The van der Waals surface area contributed by atoms with E-state index in [9.17, 15) is 14.7 Å². The van der Waals surface area contributed by atoms with Gasteiger partial charge in [-0.2, -0.15) is 0 Å². The van der Waals surface area contributed by atoms with Crippen molar-refractivity contribution in [1.29, 1.82) is 0 Å². The number of ether oxygens (including phenoxy) is 1. The minimum Gasteiger partial charge on any atom is -0.480 e. The summed E-state index contributed by atoms with van der Waals surface area (Å²) in [6.45, 7) is 1.19. The van der Waals surface area contributed by atoms with E-state index in [1.54, 1.807) is 0 Å². The SMILES string of the molecule is O=C(NC1CCCOC1)NC(Cc1ccccc1)C(=O)O. The van der Waals surface area contributed by atoms with Crippen molar-refractivity contribution in [2.75, 3.05) is 13.2 Å². The molecule has 1 aliphatic rings. The van der Waals surface area contributed by atoms with Crippen molar-refractivity contribution in [3.05, 3.63) is 35.9 Å². The summed E-state index contributed by atoms with van der Waals surface area (Å²) in [7, 11) is 0. The summed E-state index contributed by atoms with van der Waals surface area (Å²) < 4.78 is 5.27.